The average molecular weight is 301 g/mol. The van der Waals surface area contributed by atoms with E-state index in [0.717, 1.165) is 5.69 Å². The van der Waals surface area contributed by atoms with Gasteiger partial charge >= 0.3 is 0 Å². The van der Waals surface area contributed by atoms with E-state index in [1.54, 1.807) is 6.26 Å². The summed E-state index contributed by atoms with van der Waals surface area (Å²) in [5, 5.41) is 0. The van der Waals surface area contributed by atoms with Gasteiger partial charge < -0.3 is 28.3 Å². The third kappa shape index (κ3) is 2.68. The lowest BCUT2D eigenvalue weighted by molar-refractivity contribution is -0.174. The molecule has 0 saturated carbocycles. The third-order valence-electron chi connectivity index (χ3n) is 3.37. The summed E-state index contributed by atoms with van der Waals surface area (Å²) in [6, 6.07) is 0. The Bertz CT molecular complexity index is 549. The largest absolute Gasteiger partial charge is 0.438 e. The number of aromatic nitrogens is 1. The molecule has 0 aromatic carbocycles. The number of H-pyrrole nitrogens is 1. The van der Waals surface area contributed by atoms with Crippen molar-refractivity contribution < 1.29 is 23.4 Å². The zero-order valence-electron chi connectivity index (χ0n) is 12.0. The maximum Gasteiger partial charge on any atom is 0.266 e. The maximum absolute atomic E-state index is 5.98. The second-order valence-corrected chi connectivity index (χ2v) is 6.36. The summed E-state index contributed by atoms with van der Waals surface area (Å²) < 4.78 is 28.6. The lowest BCUT2D eigenvalue weighted by atomic mass is 10.1. The van der Waals surface area contributed by atoms with E-state index in [0.29, 0.717) is 11.4 Å². The molecule has 1 aromatic heterocycles. The van der Waals surface area contributed by atoms with Gasteiger partial charge in [-0.05, 0) is 39.9 Å². The number of hydrogen-bond donors (Lipinski definition) is 1. The Morgan fingerprint density at radius 1 is 1.15 bits per heavy atom. The van der Waals surface area contributed by atoms with E-state index < -0.39 is 11.6 Å². The number of rotatable bonds is 2. The number of aromatic amines is 1. The second kappa shape index (κ2) is 4.64. The van der Waals surface area contributed by atoms with Crippen molar-refractivity contribution in [3.05, 3.63) is 16.8 Å². The minimum atomic E-state index is -0.696. The molecular weight excluding hydrogens is 282 g/mol. The quantitative estimate of drug-likeness (QED) is 0.847. The molecule has 0 aliphatic carbocycles. The first kappa shape index (κ1) is 14.2. The van der Waals surface area contributed by atoms with Gasteiger partial charge in [0.05, 0.1) is 12.3 Å². The minimum Gasteiger partial charge on any atom is -0.438 e. The summed E-state index contributed by atoms with van der Waals surface area (Å²) in [4.78, 5) is 3.29. The van der Waals surface area contributed by atoms with Crippen molar-refractivity contribution in [1.29, 1.82) is 0 Å². The van der Waals surface area contributed by atoms with E-state index in [1.165, 1.54) is 0 Å². The molecule has 3 heterocycles. The van der Waals surface area contributed by atoms with Crippen molar-refractivity contribution in [2.75, 3.05) is 6.61 Å². The van der Waals surface area contributed by atoms with Crippen LogP contribution in [0.25, 0.3) is 0 Å². The van der Waals surface area contributed by atoms with Gasteiger partial charge in [-0.25, -0.2) is 0 Å². The van der Waals surface area contributed by atoms with Crippen LogP contribution < -0.4 is 0 Å². The van der Waals surface area contributed by atoms with Crippen LogP contribution in [-0.4, -0.2) is 35.4 Å². The van der Waals surface area contributed by atoms with E-state index in [-0.39, 0.29) is 18.3 Å². The topological polar surface area (TPSA) is 65.8 Å². The third-order valence-corrected chi connectivity index (χ3v) is 3.57. The summed E-state index contributed by atoms with van der Waals surface area (Å²) in [5.74, 6) is -1.30. The summed E-state index contributed by atoms with van der Waals surface area (Å²) in [6.07, 6.45) is 0.753. The molecule has 2 aliphatic rings. The first-order valence-corrected chi connectivity index (χ1v) is 7.02. The van der Waals surface area contributed by atoms with Crippen LogP contribution in [0.1, 0.15) is 39.5 Å². The average Bonchev–Trinajstić information content (AvgIpc) is 2.96. The summed E-state index contributed by atoms with van der Waals surface area (Å²) in [6.45, 7) is 7.97. The van der Waals surface area contributed by atoms with Crippen molar-refractivity contribution in [3.63, 3.8) is 0 Å². The number of oxazole rings is 1. The molecule has 3 rings (SSSR count). The van der Waals surface area contributed by atoms with Crippen molar-refractivity contribution in [2.45, 2.75) is 57.6 Å². The van der Waals surface area contributed by atoms with Crippen LogP contribution in [0.2, 0.25) is 0 Å². The Kier molecular flexibility index (Phi) is 3.30. The second-order valence-electron chi connectivity index (χ2n) is 5.99. The van der Waals surface area contributed by atoms with E-state index in [9.17, 15) is 0 Å². The highest BCUT2D eigenvalue weighted by Gasteiger charge is 2.50. The van der Waals surface area contributed by atoms with Gasteiger partial charge in [0.15, 0.2) is 11.6 Å². The van der Waals surface area contributed by atoms with Gasteiger partial charge in [0.2, 0.25) is 0 Å². The van der Waals surface area contributed by atoms with E-state index in [1.807, 2.05) is 27.7 Å². The van der Waals surface area contributed by atoms with Gasteiger partial charge in [0.1, 0.15) is 24.6 Å². The zero-order chi connectivity index (χ0) is 14.5. The molecule has 0 unspecified atom stereocenters. The molecule has 2 aliphatic heterocycles. The van der Waals surface area contributed by atoms with Gasteiger partial charge in [0, 0.05) is 0 Å². The van der Waals surface area contributed by atoms with Crippen LogP contribution in [0.5, 0.6) is 0 Å². The van der Waals surface area contributed by atoms with Crippen LogP contribution in [-0.2, 0) is 18.9 Å². The molecule has 1 aromatic rings. The van der Waals surface area contributed by atoms with Gasteiger partial charge in [0.25, 0.3) is 4.84 Å². The number of ether oxygens (including phenoxy) is 4. The standard InChI is InChI=1S/C13H19NO5S/c1-12(2)16-6-8(17-12)10-9(18-13(3,4)19-10)7-5-15-11(20)14-7/h5,8-10H,6H2,1-4H3,(H,14,20)/t8-,9-,10-/m1/s1. The van der Waals surface area contributed by atoms with Crippen molar-refractivity contribution in [2.24, 2.45) is 0 Å². The van der Waals surface area contributed by atoms with Crippen molar-refractivity contribution in [3.8, 4) is 0 Å². The van der Waals surface area contributed by atoms with E-state index in [4.69, 9.17) is 35.6 Å². The highest BCUT2D eigenvalue weighted by Crippen LogP contribution is 2.42. The molecule has 2 saturated heterocycles. The highest BCUT2D eigenvalue weighted by atomic mass is 32.1. The predicted molar refractivity (Wildman–Crippen MR) is 71.6 cm³/mol. The first-order chi connectivity index (χ1) is 9.26. The normalized spacial score (nSPS) is 35.5. The fourth-order valence-electron chi connectivity index (χ4n) is 2.61. The van der Waals surface area contributed by atoms with Crippen LogP contribution in [0.3, 0.4) is 0 Å². The van der Waals surface area contributed by atoms with Gasteiger partial charge in [-0.15, -0.1) is 0 Å². The molecule has 0 amide bonds. The Morgan fingerprint density at radius 2 is 1.90 bits per heavy atom. The molecule has 1 N–H and O–H groups in total. The molecule has 20 heavy (non-hydrogen) atoms. The fourth-order valence-corrected chi connectivity index (χ4v) is 2.78. The summed E-state index contributed by atoms with van der Waals surface area (Å²) in [5.41, 5.74) is 0.749. The van der Waals surface area contributed by atoms with Gasteiger partial charge in [-0.3, -0.25) is 0 Å². The van der Waals surface area contributed by atoms with Crippen LogP contribution in [0.15, 0.2) is 10.7 Å². The van der Waals surface area contributed by atoms with Crippen LogP contribution >= 0.6 is 12.2 Å². The summed E-state index contributed by atoms with van der Waals surface area (Å²) in [7, 11) is 0. The molecule has 0 spiro atoms. The molecule has 6 nitrogen and oxygen atoms in total. The van der Waals surface area contributed by atoms with Crippen molar-refractivity contribution >= 4 is 12.2 Å². The molecule has 2 fully saturated rings. The molecule has 0 bridgehead atoms. The molecular formula is C13H19NO5S. The zero-order valence-corrected chi connectivity index (χ0v) is 12.8. The Labute approximate surface area is 122 Å². The summed E-state index contributed by atoms with van der Waals surface area (Å²) >= 11 is 4.96. The smallest absolute Gasteiger partial charge is 0.266 e. The molecule has 3 atom stereocenters. The highest BCUT2D eigenvalue weighted by molar-refractivity contribution is 7.71. The van der Waals surface area contributed by atoms with Crippen molar-refractivity contribution in [1.82, 2.24) is 4.98 Å². The van der Waals surface area contributed by atoms with E-state index in [2.05, 4.69) is 4.98 Å². The maximum atomic E-state index is 5.98. The van der Waals surface area contributed by atoms with Gasteiger partial charge in [-0.2, -0.15) is 0 Å². The Morgan fingerprint density at radius 3 is 2.45 bits per heavy atom. The van der Waals surface area contributed by atoms with Crippen LogP contribution in [0, 0.1) is 4.84 Å². The predicted octanol–water partition coefficient (Wildman–Crippen LogP) is 2.68. The SMILES string of the molecule is CC1(C)O[C@H]([C@H]2COC(C)(C)O2)[C@@H](c2coc(=S)[nH]2)O1. The van der Waals surface area contributed by atoms with Gasteiger partial charge in [-0.1, -0.05) is 0 Å². The Balaban J connectivity index is 1.86. The molecule has 0 radical (unpaired) electrons. The number of nitrogens with one attached hydrogen (secondary N) is 1. The first-order valence-electron chi connectivity index (χ1n) is 6.61. The number of hydrogen-bond acceptors (Lipinski definition) is 6. The lowest BCUT2D eigenvalue weighted by Gasteiger charge is -2.23. The van der Waals surface area contributed by atoms with E-state index >= 15 is 0 Å². The fraction of sp³-hybridized carbons (Fsp3) is 0.769. The molecule has 112 valence electrons. The Hall–Kier alpha value is -0.730. The van der Waals surface area contributed by atoms with Crippen LogP contribution in [0.4, 0.5) is 0 Å². The minimum absolute atomic E-state index is 0.200. The lowest BCUT2D eigenvalue weighted by Crippen LogP contribution is -2.35. The molecule has 7 heteroatoms. The monoisotopic (exact) mass is 301 g/mol.